The maximum absolute atomic E-state index is 6.11. The lowest BCUT2D eigenvalue weighted by atomic mass is 10.1. The maximum atomic E-state index is 6.11. The fourth-order valence-electron chi connectivity index (χ4n) is 1.55. The van der Waals surface area contributed by atoms with E-state index in [0.29, 0.717) is 27.7 Å². The maximum Gasteiger partial charge on any atom is 0.0652 e. The van der Waals surface area contributed by atoms with Gasteiger partial charge >= 0.3 is 0 Å². The monoisotopic (exact) mass is 279 g/mol. The molecule has 0 unspecified atom stereocenters. The van der Waals surface area contributed by atoms with Crippen molar-refractivity contribution in [2.24, 2.45) is 0 Å². The van der Waals surface area contributed by atoms with E-state index in [1.807, 2.05) is 0 Å². The first kappa shape index (κ1) is 14.1. The Labute approximate surface area is 112 Å². The van der Waals surface area contributed by atoms with Crippen molar-refractivity contribution in [3.8, 4) is 0 Å². The van der Waals surface area contributed by atoms with Gasteiger partial charge in [0.1, 0.15) is 0 Å². The second kappa shape index (κ2) is 6.70. The van der Waals surface area contributed by atoms with Gasteiger partial charge in [-0.2, -0.15) is 0 Å². The highest BCUT2D eigenvalue weighted by Gasteiger charge is 2.11. The largest absolute Gasteiger partial charge is 0.310 e. The second-order valence-corrected chi connectivity index (χ2v) is 4.91. The summed E-state index contributed by atoms with van der Waals surface area (Å²) >= 11 is 18.2. The zero-order chi connectivity index (χ0) is 12.1. The van der Waals surface area contributed by atoms with Crippen LogP contribution in [0.3, 0.4) is 0 Å². The second-order valence-electron chi connectivity index (χ2n) is 3.72. The van der Waals surface area contributed by atoms with Crippen molar-refractivity contribution in [1.82, 2.24) is 5.32 Å². The molecular weight excluding hydrogens is 264 g/mol. The molecule has 0 amide bonds. The van der Waals surface area contributed by atoms with Crippen LogP contribution in [0.5, 0.6) is 0 Å². The number of nitrogens with one attached hydrogen (secondary N) is 1. The van der Waals surface area contributed by atoms with Crippen molar-refractivity contribution >= 4 is 34.8 Å². The molecule has 0 fully saturated rings. The first-order valence-electron chi connectivity index (χ1n) is 5.45. The van der Waals surface area contributed by atoms with E-state index in [9.17, 15) is 0 Å². The van der Waals surface area contributed by atoms with E-state index in [4.69, 9.17) is 34.8 Å². The van der Waals surface area contributed by atoms with Crippen molar-refractivity contribution in [3.05, 3.63) is 32.8 Å². The van der Waals surface area contributed by atoms with Gasteiger partial charge in [0, 0.05) is 23.2 Å². The van der Waals surface area contributed by atoms with Crippen LogP contribution in [0.4, 0.5) is 0 Å². The van der Waals surface area contributed by atoms with Gasteiger partial charge < -0.3 is 5.32 Å². The van der Waals surface area contributed by atoms with Gasteiger partial charge in [0.2, 0.25) is 0 Å². The molecule has 0 spiro atoms. The van der Waals surface area contributed by atoms with Gasteiger partial charge in [-0.05, 0) is 25.0 Å². The Kier molecular flexibility index (Phi) is 5.91. The zero-order valence-corrected chi connectivity index (χ0v) is 11.8. The number of rotatable bonds is 5. The fraction of sp³-hybridized carbons (Fsp3) is 0.500. The molecule has 16 heavy (non-hydrogen) atoms. The van der Waals surface area contributed by atoms with Gasteiger partial charge in [0.15, 0.2) is 0 Å². The summed E-state index contributed by atoms with van der Waals surface area (Å²) in [6.45, 7) is 4.97. The molecule has 1 rings (SSSR count). The topological polar surface area (TPSA) is 12.0 Å². The molecule has 0 saturated carbocycles. The molecule has 0 radical (unpaired) electrons. The Morgan fingerprint density at radius 1 is 1.06 bits per heavy atom. The van der Waals surface area contributed by atoms with Crippen LogP contribution in [-0.4, -0.2) is 6.04 Å². The van der Waals surface area contributed by atoms with Crippen molar-refractivity contribution < 1.29 is 0 Å². The molecule has 0 aliphatic rings. The highest BCUT2D eigenvalue weighted by molar-refractivity contribution is 6.44. The lowest BCUT2D eigenvalue weighted by Gasteiger charge is -2.16. The van der Waals surface area contributed by atoms with E-state index >= 15 is 0 Å². The Morgan fingerprint density at radius 2 is 1.62 bits per heavy atom. The Bertz CT molecular complexity index is 348. The third-order valence-corrected chi connectivity index (χ3v) is 3.89. The summed E-state index contributed by atoms with van der Waals surface area (Å²) in [5, 5.41) is 5.17. The smallest absolute Gasteiger partial charge is 0.0652 e. The van der Waals surface area contributed by atoms with Crippen LogP contribution >= 0.6 is 34.8 Å². The minimum atomic E-state index is 0.492. The summed E-state index contributed by atoms with van der Waals surface area (Å²) in [6.07, 6.45) is 2.18. The number of benzene rings is 1. The van der Waals surface area contributed by atoms with E-state index in [1.54, 1.807) is 12.1 Å². The standard InChI is InChI=1S/C12H16Cl3N/c1-3-8(4-2)16-7-9-10(13)5-6-11(14)12(9)15/h5-6,8,16H,3-4,7H2,1-2H3. The summed E-state index contributed by atoms with van der Waals surface area (Å²) in [6, 6.07) is 3.98. The van der Waals surface area contributed by atoms with Crippen molar-refractivity contribution in [1.29, 1.82) is 0 Å². The first-order chi connectivity index (χ1) is 7.60. The highest BCUT2D eigenvalue weighted by Crippen LogP contribution is 2.31. The van der Waals surface area contributed by atoms with Crippen molar-refractivity contribution in [3.63, 3.8) is 0 Å². The quantitative estimate of drug-likeness (QED) is 0.755. The van der Waals surface area contributed by atoms with Gasteiger partial charge in [-0.25, -0.2) is 0 Å². The van der Waals surface area contributed by atoms with Gasteiger partial charge in [-0.1, -0.05) is 48.7 Å². The Morgan fingerprint density at radius 3 is 2.19 bits per heavy atom. The third kappa shape index (κ3) is 3.53. The van der Waals surface area contributed by atoms with E-state index in [-0.39, 0.29) is 0 Å². The van der Waals surface area contributed by atoms with Crippen LogP contribution in [0, 0.1) is 0 Å². The number of hydrogen-bond acceptors (Lipinski definition) is 1. The summed E-state index contributed by atoms with van der Waals surface area (Å²) in [5.74, 6) is 0. The molecule has 0 aliphatic carbocycles. The molecule has 4 heteroatoms. The van der Waals surface area contributed by atoms with Gasteiger partial charge in [0.25, 0.3) is 0 Å². The minimum absolute atomic E-state index is 0.492. The average molecular weight is 281 g/mol. The van der Waals surface area contributed by atoms with Crippen LogP contribution in [0.2, 0.25) is 15.1 Å². The Hall–Kier alpha value is 0.0500. The molecule has 1 nitrogen and oxygen atoms in total. The molecule has 0 aromatic heterocycles. The highest BCUT2D eigenvalue weighted by atomic mass is 35.5. The molecule has 0 heterocycles. The molecule has 90 valence electrons. The normalized spacial score (nSPS) is 11.1. The molecule has 0 aliphatic heterocycles. The van der Waals surface area contributed by atoms with E-state index in [1.165, 1.54) is 0 Å². The van der Waals surface area contributed by atoms with Gasteiger partial charge in [-0.3, -0.25) is 0 Å². The van der Waals surface area contributed by atoms with Crippen LogP contribution in [0.25, 0.3) is 0 Å². The van der Waals surface area contributed by atoms with Gasteiger partial charge in [-0.15, -0.1) is 0 Å². The molecule has 0 bridgehead atoms. The van der Waals surface area contributed by atoms with Crippen LogP contribution in [0.1, 0.15) is 32.3 Å². The molecule has 1 N–H and O–H groups in total. The summed E-state index contributed by atoms with van der Waals surface area (Å²) in [5.41, 5.74) is 0.878. The molecule has 0 atom stereocenters. The lowest BCUT2D eigenvalue weighted by molar-refractivity contribution is 0.484. The van der Waals surface area contributed by atoms with Crippen molar-refractivity contribution in [2.45, 2.75) is 39.3 Å². The van der Waals surface area contributed by atoms with Crippen molar-refractivity contribution in [2.75, 3.05) is 0 Å². The molecule has 1 aromatic rings. The van der Waals surface area contributed by atoms with Gasteiger partial charge in [0.05, 0.1) is 10.0 Å². The summed E-state index contributed by atoms with van der Waals surface area (Å²) in [7, 11) is 0. The van der Waals surface area contributed by atoms with Crippen LogP contribution in [0.15, 0.2) is 12.1 Å². The SMILES string of the molecule is CCC(CC)NCc1c(Cl)ccc(Cl)c1Cl. The number of halogens is 3. The average Bonchev–Trinajstić information content (AvgIpc) is 2.29. The fourth-order valence-corrected chi connectivity index (χ4v) is 2.24. The molecule has 1 aromatic carbocycles. The van der Waals surface area contributed by atoms with Crippen LogP contribution in [-0.2, 0) is 6.54 Å². The molecule has 0 saturated heterocycles. The third-order valence-electron chi connectivity index (χ3n) is 2.69. The summed E-state index contributed by atoms with van der Waals surface area (Å²) in [4.78, 5) is 0. The zero-order valence-electron chi connectivity index (χ0n) is 9.49. The predicted octanol–water partition coefficient (Wildman–Crippen LogP) is 4.93. The number of hydrogen-bond donors (Lipinski definition) is 1. The first-order valence-corrected chi connectivity index (χ1v) is 6.59. The lowest BCUT2D eigenvalue weighted by Crippen LogP contribution is -2.27. The van der Waals surface area contributed by atoms with E-state index < -0.39 is 0 Å². The van der Waals surface area contributed by atoms with E-state index in [2.05, 4.69) is 19.2 Å². The van der Waals surface area contributed by atoms with E-state index in [0.717, 1.165) is 18.4 Å². The van der Waals surface area contributed by atoms with Crippen LogP contribution < -0.4 is 5.32 Å². The molecular formula is C12H16Cl3N. The minimum Gasteiger partial charge on any atom is -0.310 e. The predicted molar refractivity (Wildman–Crippen MR) is 72.7 cm³/mol. The summed E-state index contributed by atoms with van der Waals surface area (Å²) < 4.78 is 0. The Balaban J connectivity index is 2.77.